The van der Waals surface area contributed by atoms with E-state index in [1.54, 1.807) is 31.3 Å². The second-order valence-electron chi connectivity index (χ2n) is 5.80. The number of benzene rings is 1. The summed E-state index contributed by atoms with van der Waals surface area (Å²) in [5, 5.41) is 0.336. The lowest BCUT2D eigenvalue weighted by molar-refractivity contribution is 0.0599. The molecule has 0 amide bonds. The highest BCUT2D eigenvalue weighted by molar-refractivity contribution is 5.94. The summed E-state index contributed by atoms with van der Waals surface area (Å²) in [6.07, 6.45) is 1.66. The van der Waals surface area contributed by atoms with Gasteiger partial charge in [-0.2, -0.15) is 0 Å². The third-order valence-corrected chi connectivity index (χ3v) is 4.28. The molecule has 0 saturated heterocycles. The SMILES string of the molecule is COC(=O)c1cc2c(=O)n([C@@H](C)c3ccc(F)cc3)ccc2nc1C. The first-order valence-corrected chi connectivity index (χ1v) is 7.78. The number of aryl methyl sites for hydroxylation is 1. The van der Waals surface area contributed by atoms with Crippen molar-refractivity contribution in [2.45, 2.75) is 19.9 Å². The number of halogens is 1. The van der Waals surface area contributed by atoms with Gasteiger partial charge in [0.2, 0.25) is 0 Å². The molecule has 0 aliphatic carbocycles. The van der Waals surface area contributed by atoms with E-state index < -0.39 is 5.97 Å². The molecule has 2 aromatic heterocycles. The number of rotatable bonds is 3. The van der Waals surface area contributed by atoms with E-state index in [1.807, 2.05) is 6.92 Å². The standard InChI is InChI=1S/C19H17FN2O3/c1-11-15(19(24)25-3)10-16-17(21-11)8-9-22(18(16)23)12(2)13-4-6-14(20)7-5-13/h4-10,12H,1-3H3/t12-/m0/s1. The molecule has 0 spiro atoms. The first kappa shape index (κ1) is 16.8. The highest BCUT2D eigenvalue weighted by Gasteiger charge is 2.16. The number of fused-ring (bicyclic) bond motifs is 1. The second-order valence-corrected chi connectivity index (χ2v) is 5.80. The first-order valence-electron chi connectivity index (χ1n) is 7.78. The van der Waals surface area contributed by atoms with Crippen molar-refractivity contribution in [1.29, 1.82) is 0 Å². The molecule has 1 aromatic carbocycles. The minimum Gasteiger partial charge on any atom is -0.465 e. The maximum Gasteiger partial charge on any atom is 0.339 e. The Kier molecular flexibility index (Phi) is 4.35. The third kappa shape index (κ3) is 3.03. The molecule has 1 atom stereocenters. The molecule has 6 heteroatoms. The zero-order chi connectivity index (χ0) is 18.1. The molecular formula is C19H17FN2O3. The van der Waals surface area contributed by atoms with Crippen molar-refractivity contribution in [1.82, 2.24) is 9.55 Å². The van der Waals surface area contributed by atoms with E-state index in [0.29, 0.717) is 16.6 Å². The van der Waals surface area contributed by atoms with Gasteiger partial charge in [-0.15, -0.1) is 0 Å². The summed E-state index contributed by atoms with van der Waals surface area (Å²) in [6, 6.07) is 8.95. The number of methoxy groups -OCH3 is 1. The van der Waals surface area contributed by atoms with Crippen LogP contribution in [0.1, 0.15) is 34.6 Å². The van der Waals surface area contributed by atoms with Gasteiger partial charge in [-0.25, -0.2) is 9.18 Å². The molecule has 0 saturated carbocycles. The van der Waals surface area contributed by atoms with Gasteiger partial charge in [0.05, 0.1) is 35.3 Å². The average molecular weight is 340 g/mol. The van der Waals surface area contributed by atoms with Crippen molar-refractivity contribution < 1.29 is 13.9 Å². The summed E-state index contributed by atoms with van der Waals surface area (Å²) >= 11 is 0. The number of nitrogens with zero attached hydrogens (tertiary/aromatic N) is 2. The minimum atomic E-state index is -0.534. The Morgan fingerprint density at radius 1 is 1.24 bits per heavy atom. The minimum absolute atomic E-state index is 0.263. The topological polar surface area (TPSA) is 61.2 Å². The lowest BCUT2D eigenvalue weighted by atomic mass is 10.1. The molecule has 0 aliphatic heterocycles. The van der Waals surface area contributed by atoms with Gasteiger partial charge in [0.15, 0.2) is 0 Å². The van der Waals surface area contributed by atoms with Crippen LogP contribution in [-0.2, 0) is 4.74 Å². The average Bonchev–Trinajstić information content (AvgIpc) is 2.61. The summed E-state index contributed by atoms with van der Waals surface area (Å²) in [6.45, 7) is 3.54. The molecule has 0 unspecified atom stereocenters. The summed E-state index contributed by atoms with van der Waals surface area (Å²) in [5.74, 6) is -0.863. The zero-order valence-electron chi connectivity index (χ0n) is 14.1. The number of hydrogen-bond acceptors (Lipinski definition) is 4. The number of esters is 1. The van der Waals surface area contributed by atoms with Crippen LogP contribution in [0.5, 0.6) is 0 Å². The summed E-state index contributed by atoms with van der Waals surface area (Å²) in [5.41, 5.74) is 1.81. The van der Waals surface area contributed by atoms with Crippen LogP contribution in [0.3, 0.4) is 0 Å². The fourth-order valence-electron chi connectivity index (χ4n) is 2.80. The fourth-order valence-corrected chi connectivity index (χ4v) is 2.80. The summed E-state index contributed by atoms with van der Waals surface area (Å²) in [4.78, 5) is 29.1. The van der Waals surface area contributed by atoms with Crippen LogP contribution in [0.2, 0.25) is 0 Å². The maximum atomic E-state index is 13.1. The van der Waals surface area contributed by atoms with Gasteiger partial charge < -0.3 is 9.30 Å². The Morgan fingerprint density at radius 2 is 1.92 bits per heavy atom. The van der Waals surface area contributed by atoms with Gasteiger partial charge in [-0.3, -0.25) is 9.78 Å². The molecule has 0 radical (unpaired) electrons. The second kappa shape index (κ2) is 6.47. The van der Waals surface area contributed by atoms with E-state index in [0.717, 1.165) is 5.56 Å². The molecule has 3 aromatic rings. The Bertz CT molecular complexity index is 1010. The van der Waals surface area contributed by atoms with Crippen LogP contribution in [0.15, 0.2) is 47.4 Å². The molecule has 5 nitrogen and oxygen atoms in total. The number of ether oxygens (including phenoxy) is 1. The van der Waals surface area contributed by atoms with Gasteiger partial charge in [-0.1, -0.05) is 12.1 Å². The molecule has 25 heavy (non-hydrogen) atoms. The maximum absolute atomic E-state index is 13.1. The van der Waals surface area contributed by atoms with Gasteiger partial charge in [0.1, 0.15) is 5.82 Å². The van der Waals surface area contributed by atoms with Crippen molar-refractivity contribution >= 4 is 16.9 Å². The number of pyridine rings is 2. The Balaban J connectivity index is 2.16. The van der Waals surface area contributed by atoms with Crippen LogP contribution < -0.4 is 5.56 Å². The summed E-state index contributed by atoms with van der Waals surface area (Å²) in [7, 11) is 1.28. The molecule has 0 fully saturated rings. The molecule has 2 heterocycles. The van der Waals surface area contributed by atoms with Gasteiger partial charge in [0.25, 0.3) is 5.56 Å². The smallest absolute Gasteiger partial charge is 0.339 e. The Morgan fingerprint density at radius 3 is 2.56 bits per heavy atom. The van der Waals surface area contributed by atoms with Crippen molar-refractivity contribution in [2.75, 3.05) is 7.11 Å². The third-order valence-electron chi connectivity index (χ3n) is 4.28. The van der Waals surface area contributed by atoms with Crippen molar-refractivity contribution in [3.05, 3.63) is 75.6 Å². The Labute approximate surface area is 143 Å². The monoisotopic (exact) mass is 340 g/mol. The number of carbonyl (C=O) groups excluding carboxylic acids is 1. The highest BCUT2D eigenvalue weighted by Crippen LogP contribution is 2.19. The van der Waals surface area contributed by atoms with Gasteiger partial charge >= 0.3 is 5.97 Å². The van der Waals surface area contributed by atoms with Gasteiger partial charge in [0, 0.05) is 6.20 Å². The molecule has 0 N–H and O–H groups in total. The van der Waals surface area contributed by atoms with E-state index in [9.17, 15) is 14.0 Å². The fraction of sp³-hybridized carbons (Fsp3) is 0.211. The van der Waals surface area contributed by atoms with Crippen LogP contribution >= 0.6 is 0 Å². The lowest BCUT2D eigenvalue weighted by Gasteiger charge is -2.16. The molecule has 3 rings (SSSR count). The zero-order valence-corrected chi connectivity index (χ0v) is 14.1. The quantitative estimate of drug-likeness (QED) is 0.687. The van der Waals surface area contributed by atoms with Crippen molar-refractivity contribution in [3.63, 3.8) is 0 Å². The van der Waals surface area contributed by atoms with Crippen molar-refractivity contribution in [3.8, 4) is 0 Å². The number of carbonyl (C=O) groups is 1. The van der Waals surface area contributed by atoms with E-state index in [-0.39, 0.29) is 23.0 Å². The van der Waals surface area contributed by atoms with Crippen LogP contribution in [0.25, 0.3) is 10.9 Å². The van der Waals surface area contributed by atoms with Crippen LogP contribution in [0.4, 0.5) is 4.39 Å². The summed E-state index contributed by atoms with van der Waals surface area (Å²) < 4.78 is 19.4. The number of hydrogen-bond donors (Lipinski definition) is 0. The molecular weight excluding hydrogens is 323 g/mol. The predicted octanol–water partition coefficient (Wildman–Crippen LogP) is 3.24. The largest absolute Gasteiger partial charge is 0.465 e. The lowest BCUT2D eigenvalue weighted by Crippen LogP contribution is -2.24. The van der Waals surface area contributed by atoms with Gasteiger partial charge in [-0.05, 0) is 43.7 Å². The predicted molar refractivity (Wildman–Crippen MR) is 92.3 cm³/mol. The normalized spacial score (nSPS) is 12.2. The Hall–Kier alpha value is -3.02. The number of aromatic nitrogens is 2. The molecule has 0 aliphatic rings. The highest BCUT2D eigenvalue weighted by atomic mass is 19.1. The molecule has 128 valence electrons. The van der Waals surface area contributed by atoms with Crippen LogP contribution in [-0.4, -0.2) is 22.6 Å². The van der Waals surface area contributed by atoms with E-state index in [4.69, 9.17) is 4.74 Å². The van der Waals surface area contributed by atoms with Crippen molar-refractivity contribution in [2.24, 2.45) is 0 Å². The van der Waals surface area contributed by atoms with E-state index >= 15 is 0 Å². The first-order chi connectivity index (χ1) is 11.9. The van der Waals surface area contributed by atoms with E-state index in [2.05, 4.69) is 4.98 Å². The van der Waals surface area contributed by atoms with Crippen LogP contribution in [0, 0.1) is 12.7 Å². The van der Waals surface area contributed by atoms with E-state index in [1.165, 1.54) is 29.9 Å². The molecule has 0 bridgehead atoms.